The number of nitrogens with zero attached hydrogens (tertiary/aromatic N) is 3. The summed E-state index contributed by atoms with van der Waals surface area (Å²) in [6, 6.07) is 9.36. The molecule has 2 aromatic heterocycles. The van der Waals surface area contributed by atoms with Gasteiger partial charge < -0.3 is 24.2 Å². The van der Waals surface area contributed by atoms with E-state index in [4.69, 9.17) is 14.2 Å². The Labute approximate surface area is 212 Å². The Balaban J connectivity index is 0.00000245. The molecule has 2 atom stereocenters. The van der Waals surface area contributed by atoms with Crippen LogP contribution in [0.15, 0.2) is 41.7 Å². The van der Waals surface area contributed by atoms with E-state index in [1.54, 1.807) is 6.20 Å². The van der Waals surface area contributed by atoms with Crippen molar-refractivity contribution in [3.05, 3.63) is 47.8 Å². The quantitative estimate of drug-likeness (QED) is 0.497. The summed E-state index contributed by atoms with van der Waals surface area (Å²) < 4.78 is 31.1. The second-order valence-electron chi connectivity index (χ2n) is 8.20. The van der Waals surface area contributed by atoms with Gasteiger partial charge in [0.25, 0.3) is 0 Å². The molecule has 1 spiro atoms. The first-order valence-electron chi connectivity index (χ1n) is 10.8. The number of aromatic nitrogens is 3. The summed E-state index contributed by atoms with van der Waals surface area (Å²) in [5.41, 5.74) is 3.10. The van der Waals surface area contributed by atoms with Crippen LogP contribution < -0.4 is 39.3 Å². The summed E-state index contributed by atoms with van der Waals surface area (Å²) in [5, 5.41) is 0.336. The smallest absolute Gasteiger partial charge is 0.490 e. The summed E-state index contributed by atoms with van der Waals surface area (Å²) in [6.07, 6.45) is 7.10. The van der Waals surface area contributed by atoms with Crippen LogP contribution in [0.3, 0.4) is 0 Å². The van der Waals surface area contributed by atoms with Crippen molar-refractivity contribution in [1.29, 1.82) is 0 Å². The number of imidazole rings is 1. The molecule has 0 radical (unpaired) electrons. The van der Waals surface area contributed by atoms with Crippen molar-refractivity contribution < 1.29 is 48.0 Å². The third-order valence-corrected chi connectivity index (χ3v) is 7.12. The summed E-state index contributed by atoms with van der Waals surface area (Å²) in [4.78, 5) is 13.2. The molecule has 9 heteroatoms. The summed E-state index contributed by atoms with van der Waals surface area (Å²) >= 11 is 0. The van der Waals surface area contributed by atoms with Crippen LogP contribution in [0.1, 0.15) is 43.4 Å². The molecule has 1 aliphatic heterocycles. The van der Waals surface area contributed by atoms with Gasteiger partial charge in [-0.15, -0.1) is 0 Å². The fourth-order valence-corrected chi connectivity index (χ4v) is 5.34. The zero-order chi connectivity index (χ0) is 21.3. The predicted octanol–water partition coefficient (Wildman–Crippen LogP) is 0.662. The third kappa shape index (κ3) is 5.11. The Hall–Kier alpha value is -1.29. The molecule has 0 amide bonds. The van der Waals surface area contributed by atoms with E-state index >= 15 is 0 Å². The molecule has 1 aliphatic carbocycles. The van der Waals surface area contributed by atoms with Crippen molar-refractivity contribution in [1.82, 2.24) is 15.0 Å². The maximum absolute atomic E-state index is 12.9. The molecule has 32 heavy (non-hydrogen) atoms. The molecule has 2 fully saturated rings. The van der Waals surface area contributed by atoms with Gasteiger partial charge in [0.1, 0.15) is 18.5 Å². The maximum Gasteiger partial charge on any atom is 1.00 e. The molecule has 3 aromatic rings. The fourth-order valence-electron chi connectivity index (χ4n) is 4.27. The number of para-hydroxylation sites is 2. The average Bonchev–Trinajstić information content (AvgIpc) is 3.39. The Morgan fingerprint density at radius 3 is 2.84 bits per heavy atom. The number of pyridine rings is 1. The molecule has 3 heterocycles. The van der Waals surface area contributed by atoms with Crippen molar-refractivity contribution in [2.75, 3.05) is 13.2 Å². The molecule has 7 nitrogen and oxygen atoms in total. The van der Waals surface area contributed by atoms with Gasteiger partial charge in [0.05, 0.1) is 28.9 Å². The standard InChI is InChI=1S/C23H26N3O4S.Na/c1-16-20(15-31(27)22-25-18-7-3-4-8-19(18)26-22)24-12-9-21(16)28-13-17-14-29-23(30-17)10-5-2-6-11-23;/h3-4,7-9,12,17H,2,5-6,10-11,13-15H2,1H3;/q-1;+1/t17-,31?;/m0./s1. The van der Waals surface area contributed by atoms with Crippen molar-refractivity contribution in [2.24, 2.45) is 0 Å². The van der Waals surface area contributed by atoms with Crippen LogP contribution >= 0.6 is 0 Å². The minimum absolute atomic E-state index is 0. The van der Waals surface area contributed by atoms with Crippen molar-refractivity contribution in [2.45, 2.75) is 61.8 Å². The van der Waals surface area contributed by atoms with E-state index in [1.807, 2.05) is 37.3 Å². The second kappa shape index (κ2) is 10.3. The van der Waals surface area contributed by atoms with Gasteiger partial charge in [-0.3, -0.25) is 9.19 Å². The number of ether oxygens (including phenoxy) is 3. The SMILES string of the molecule is Cc1c(OC[C@H]2COC3(CCCCC3)O2)ccnc1CS(=O)c1nc2ccccc2[n-]1.[Na+]. The van der Waals surface area contributed by atoms with Gasteiger partial charge in [0.15, 0.2) is 5.79 Å². The molecule has 1 aromatic carbocycles. The predicted molar refractivity (Wildman–Crippen MR) is 116 cm³/mol. The summed E-state index contributed by atoms with van der Waals surface area (Å²) in [7, 11) is -1.38. The largest absolute Gasteiger partial charge is 1.00 e. The van der Waals surface area contributed by atoms with Crippen LogP contribution in [0, 0.1) is 6.92 Å². The number of rotatable bonds is 6. The van der Waals surface area contributed by atoms with E-state index in [1.165, 1.54) is 6.42 Å². The van der Waals surface area contributed by atoms with E-state index in [0.29, 0.717) is 18.4 Å². The van der Waals surface area contributed by atoms with Gasteiger partial charge in [-0.2, -0.15) is 0 Å². The maximum atomic E-state index is 12.9. The van der Waals surface area contributed by atoms with E-state index < -0.39 is 16.6 Å². The van der Waals surface area contributed by atoms with Gasteiger partial charge >= 0.3 is 29.6 Å². The van der Waals surface area contributed by atoms with Gasteiger partial charge in [0.2, 0.25) is 0 Å². The van der Waals surface area contributed by atoms with Crippen LogP contribution in [0.2, 0.25) is 0 Å². The van der Waals surface area contributed by atoms with Crippen molar-refractivity contribution in [3.63, 3.8) is 0 Å². The monoisotopic (exact) mass is 463 g/mol. The van der Waals surface area contributed by atoms with Crippen molar-refractivity contribution >= 4 is 21.8 Å². The van der Waals surface area contributed by atoms with Crippen molar-refractivity contribution in [3.8, 4) is 5.75 Å². The molecule has 5 rings (SSSR count). The normalized spacial score (nSPS) is 20.8. The average molecular weight is 464 g/mol. The first-order chi connectivity index (χ1) is 15.1. The molecule has 2 aliphatic rings. The van der Waals surface area contributed by atoms with Gasteiger partial charge in [-0.1, -0.05) is 30.7 Å². The van der Waals surface area contributed by atoms with Crippen LogP contribution in [0.4, 0.5) is 0 Å². The van der Waals surface area contributed by atoms with E-state index in [-0.39, 0.29) is 41.4 Å². The molecule has 1 saturated carbocycles. The zero-order valence-corrected chi connectivity index (χ0v) is 21.4. The van der Waals surface area contributed by atoms with E-state index in [0.717, 1.165) is 53.7 Å². The van der Waals surface area contributed by atoms with E-state index in [9.17, 15) is 4.21 Å². The van der Waals surface area contributed by atoms with E-state index in [2.05, 4.69) is 15.0 Å². The molecular formula is C23H26N3NaO4S. The Morgan fingerprint density at radius 2 is 2.03 bits per heavy atom. The van der Waals surface area contributed by atoms with Crippen LogP contribution in [-0.2, 0) is 26.0 Å². The molecule has 0 bridgehead atoms. The van der Waals surface area contributed by atoms with Crippen LogP contribution in [0.25, 0.3) is 11.0 Å². The molecular weight excluding hydrogens is 437 g/mol. The van der Waals surface area contributed by atoms with Gasteiger partial charge in [-0.05, 0) is 36.9 Å². The van der Waals surface area contributed by atoms with Gasteiger partial charge in [0, 0.05) is 29.8 Å². The first kappa shape index (κ1) is 23.9. The topological polar surface area (TPSA) is 84.6 Å². The molecule has 0 N–H and O–H groups in total. The minimum atomic E-state index is -1.38. The Morgan fingerprint density at radius 1 is 1.22 bits per heavy atom. The minimum Gasteiger partial charge on any atom is -0.490 e. The fraction of sp³-hybridized carbons (Fsp3) is 0.478. The summed E-state index contributed by atoms with van der Waals surface area (Å²) in [6.45, 7) is 2.92. The molecule has 1 saturated heterocycles. The Bertz CT molecular complexity index is 1070. The zero-order valence-electron chi connectivity index (χ0n) is 18.6. The van der Waals surface area contributed by atoms with Crippen LogP contribution in [-0.4, -0.2) is 39.3 Å². The number of benzene rings is 1. The molecule has 164 valence electrons. The molecule has 1 unspecified atom stereocenters. The number of fused-ring (bicyclic) bond motifs is 1. The van der Waals surface area contributed by atoms with Crippen LogP contribution in [0.5, 0.6) is 5.75 Å². The Kier molecular flexibility index (Phi) is 7.69. The number of hydrogen-bond acceptors (Lipinski definition) is 6. The third-order valence-electron chi connectivity index (χ3n) is 6.00. The first-order valence-corrected chi connectivity index (χ1v) is 12.1. The summed E-state index contributed by atoms with van der Waals surface area (Å²) in [5.74, 6) is 0.569. The van der Waals surface area contributed by atoms with Gasteiger partial charge in [-0.25, -0.2) is 0 Å². The number of hydrogen-bond donors (Lipinski definition) is 0. The second-order valence-corrected chi connectivity index (χ2v) is 9.54.